The molecule has 0 spiro atoms. The van der Waals surface area contributed by atoms with E-state index in [1.54, 1.807) is 47.1 Å². The Morgan fingerprint density at radius 1 is 1.33 bits per heavy atom. The van der Waals surface area contributed by atoms with Crippen molar-refractivity contribution in [1.82, 2.24) is 14.6 Å². The van der Waals surface area contributed by atoms with Crippen molar-refractivity contribution in [2.75, 3.05) is 5.32 Å². The van der Waals surface area contributed by atoms with Gasteiger partial charge in [0.15, 0.2) is 5.65 Å². The molecule has 6 heteroatoms. The number of aryl methyl sites for hydroxylation is 1. The second-order valence-electron chi connectivity index (χ2n) is 4.55. The molecule has 0 atom stereocenters. The van der Waals surface area contributed by atoms with E-state index in [9.17, 15) is 4.79 Å². The van der Waals surface area contributed by atoms with Crippen LogP contribution >= 0.6 is 11.6 Å². The van der Waals surface area contributed by atoms with Crippen molar-refractivity contribution in [1.29, 1.82) is 0 Å². The maximum Gasteiger partial charge on any atom is 0.274 e. The minimum Gasteiger partial charge on any atom is -0.321 e. The molecule has 0 fully saturated rings. The lowest BCUT2D eigenvalue weighted by Crippen LogP contribution is -2.15. The lowest BCUT2D eigenvalue weighted by molar-refractivity contribution is 0.102. The third-order valence-corrected chi connectivity index (χ3v) is 3.35. The normalized spacial score (nSPS) is 10.8. The SMILES string of the molecule is CCc1cc(C(=O)Nc2cccc(Cl)c2)nc2ccnn12. The van der Waals surface area contributed by atoms with Crippen LogP contribution in [-0.4, -0.2) is 20.5 Å². The fourth-order valence-corrected chi connectivity index (χ4v) is 2.30. The first-order valence-electron chi connectivity index (χ1n) is 6.58. The number of nitrogens with one attached hydrogen (secondary N) is 1. The van der Waals surface area contributed by atoms with Gasteiger partial charge in [0, 0.05) is 22.5 Å². The van der Waals surface area contributed by atoms with Gasteiger partial charge in [-0.3, -0.25) is 4.79 Å². The number of rotatable bonds is 3. The maximum atomic E-state index is 12.3. The second-order valence-corrected chi connectivity index (χ2v) is 4.99. The van der Waals surface area contributed by atoms with Crippen LogP contribution in [0.3, 0.4) is 0 Å². The van der Waals surface area contributed by atoms with Crippen LogP contribution in [0, 0.1) is 0 Å². The predicted octanol–water partition coefficient (Wildman–Crippen LogP) is 3.20. The van der Waals surface area contributed by atoms with Gasteiger partial charge in [-0.25, -0.2) is 9.50 Å². The molecule has 5 nitrogen and oxygen atoms in total. The molecule has 1 N–H and O–H groups in total. The van der Waals surface area contributed by atoms with Crippen molar-refractivity contribution >= 4 is 28.8 Å². The molecule has 2 aromatic heterocycles. The van der Waals surface area contributed by atoms with Gasteiger partial charge in [0.05, 0.1) is 6.20 Å². The van der Waals surface area contributed by atoms with Gasteiger partial charge in [-0.15, -0.1) is 0 Å². The highest BCUT2D eigenvalue weighted by atomic mass is 35.5. The molecule has 2 heterocycles. The summed E-state index contributed by atoms with van der Waals surface area (Å²) in [6.45, 7) is 2.01. The van der Waals surface area contributed by atoms with Crippen LogP contribution in [0.15, 0.2) is 42.6 Å². The summed E-state index contributed by atoms with van der Waals surface area (Å²) < 4.78 is 1.73. The number of hydrogen-bond donors (Lipinski definition) is 1. The number of carbonyl (C=O) groups excluding carboxylic acids is 1. The van der Waals surface area contributed by atoms with Gasteiger partial charge in [-0.05, 0) is 30.7 Å². The first-order chi connectivity index (χ1) is 10.2. The molecule has 0 aliphatic rings. The number of hydrogen-bond acceptors (Lipinski definition) is 3. The molecule has 0 radical (unpaired) electrons. The summed E-state index contributed by atoms with van der Waals surface area (Å²) >= 11 is 5.91. The van der Waals surface area contributed by atoms with Gasteiger partial charge in [0.1, 0.15) is 5.69 Å². The molecule has 0 bridgehead atoms. The Balaban J connectivity index is 1.94. The Hall–Kier alpha value is -2.40. The molecule has 106 valence electrons. The van der Waals surface area contributed by atoms with Gasteiger partial charge in [0.25, 0.3) is 5.91 Å². The standard InChI is InChI=1S/C15H13ClN4O/c1-2-12-9-13(19-14-6-7-17-20(12)14)15(21)18-11-5-3-4-10(16)8-11/h3-9H,2H2,1H3,(H,18,21). The predicted molar refractivity (Wildman–Crippen MR) is 81.8 cm³/mol. The molecule has 1 amide bonds. The minimum atomic E-state index is -0.268. The van der Waals surface area contributed by atoms with Gasteiger partial charge in [-0.2, -0.15) is 5.10 Å². The van der Waals surface area contributed by atoms with Crippen LogP contribution in [0.4, 0.5) is 5.69 Å². The molecule has 0 unspecified atom stereocenters. The highest BCUT2D eigenvalue weighted by Gasteiger charge is 2.12. The largest absolute Gasteiger partial charge is 0.321 e. The molecule has 21 heavy (non-hydrogen) atoms. The maximum absolute atomic E-state index is 12.3. The Kier molecular flexibility index (Phi) is 3.58. The van der Waals surface area contributed by atoms with E-state index in [1.807, 2.05) is 6.92 Å². The van der Waals surface area contributed by atoms with Crippen LogP contribution in [0.1, 0.15) is 23.1 Å². The highest BCUT2D eigenvalue weighted by molar-refractivity contribution is 6.30. The van der Waals surface area contributed by atoms with E-state index in [0.29, 0.717) is 22.1 Å². The zero-order valence-electron chi connectivity index (χ0n) is 11.4. The average Bonchev–Trinajstić information content (AvgIpc) is 2.94. The number of amides is 1. The van der Waals surface area contributed by atoms with Crippen LogP contribution in [0.5, 0.6) is 0 Å². The van der Waals surface area contributed by atoms with E-state index in [2.05, 4.69) is 15.4 Å². The molecular weight excluding hydrogens is 288 g/mol. The van der Waals surface area contributed by atoms with Crippen LogP contribution in [0.2, 0.25) is 5.02 Å². The lowest BCUT2D eigenvalue weighted by atomic mass is 10.2. The third-order valence-electron chi connectivity index (χ3n) is 3.11. The molecule has 3 aromatic rings. The molecule has 0 saturated carbocycles. The van der Waals surface area contributed by atoms with Gasteiger partial charge in [-0.1, -0.05) is 24.6 Å². The summed E-state index contributed by atoms with van der Waals surface area (Å²) in [4.78, 5) is 16.6. The summed E-state index contributed by atoms with van der Waals surface area (Å²) in [5, 5.41) is 7.55. The van der Waals surface area contributed by atoms with E-state index < -0.39 is 0 Å². The van der Waals surface area contributed by atoms with Crippen LogP contribution < -0.4 is 5.32 Å². The van der Waals surface area contributed by atoms with Gasteiger partial charge in [0.2, 0.25) is 0 Å². The molecule has 3 rings (SSSR count). The number of benzene rings is 1. The Labute approximate surface area is 126 Å². The summed E-state index contributed by atoms with van der Waals surface area (Å²) in [7, 11) is 0. The average molecular weight is 301 g/mol. The summed E-state index contributed by atoms with van der Waals surface area (Å²) in [5.41, 5.74) is 2.59. The van der Waals surface area contributed by atoms with E-state index >= 15 is 0 Å². The van der Waals surface area contributed by atoms with Crippen molar-refractivity contribution < 1.29 is 4.79 Å². The molecule has 0 aliphatic carbocycles. The number of nitrogens with zero attached hydrogens (tertiary/aromatic N) is 3. The Bertz CT molecular complexity index is 812. The highest BCUT2D eigenvalue weighted by Crippen LogP contribution is 2.16. The smallest absolute Gasteiger partial charge is 0.274 e. The molecular formula is C15H13ClN4O. The second kappa shape index (κ2) is 5.54. The lowest BCUT2D eigenvalue weighted by Gasteiger charge is -2.08. The zero-order valence-corrected chi connectivity index (χ0v) is 12.1. The van der Waals surface area contributed by atoms with Crippen molar-refractivity contribution in [2.45, 2.75) is 13.3 Å². The molecule has 0 aliphatic heterocycles. The fraction of sp³-hybridized carbons (Fsp3) is 0.133. The zero-order chi connectivity index (χ0) is 14.8. The van der Waals surface area contributed by atoms with Crippen molar-refractivity contribution in [3.8, 4) is 0 Å². The van der Waals surface area contributed by atoms with E-state index in [0.717, 1.165) is 12.1 Å². The fourth-order valence-electron chi connectivity index (χ4n) is 2.11. The number of carbonyl (C=O) groups is 1. The summed E-state index contributed by atoms with van der Waals surface area (Å²) in [6.07, 6.45) is 2.43. The number of aromatic nitrogens is 3. The van der Waals surface area contributed by atoms with Crippen LogP contribution in [0.25, 0.3) is 5.65 Å². The van der Waals surface area contributed by atoms with Crippen LogP contribution in [-0.2, 0) is 6.42 Å². The first-order valence-corrected chi connectivity index (χ1v) is 6.96. The summed E-state index contributed by atoms with van der Waals surface area (Å²) in [6, 6.07) is 10.5. The third kappa shape index (κ3) is 2.73. The number of fused-ring (bicyclic) bond motifs is 1. The monoisotopic (exact) mass is 300 g/mol. The summed E-state index contributed by atoms with van der Waals surface area (Å²) in [5.74, 6) is -0.268. The van der Waals surface area contributed by atoms with E-state index in [-0.39, 0.29) is 5.91 Å². The van der Waals surface area contributed by atoms with Gasteiger partial charge >= 0.3 is 0 Å². The van der Waals surface area contributed by atoms with Gasteiger partial charge < -0.3 is 5.32 Å². The Morgan fingerprint density at radius 2 is 2.19 bits per heavy atom. The van der Waals surface area contributed by atoms with E-state index in [4.69, 9.17) is 11.6 Å². The molecule has 0 saturated heterocycles. The van der Waals surface area contributed by atoms with Crippen molar-refractivity contribution in [3.05, 3.63) is 59.0 Å². The quantitative estimate of drug-likeness (QED) is 0.808. The number of anilines is 1. The van der Waals surface area contributed by atoms with Crippen molar-refractivity contribution in [3.63, 3.8) is 0 Å². The number of halogens is 1. The Morgan fingerprint density at radius 3 is 2.95 bits per heavy atom. The first kappa shape index (κ1) is 13.6. The van der Waals surface area contributed by atoms with E-state index in [1.165, 1.54) is 0 Å². The van der Waals surface area contributed by atoms with Crippen molar-refractivity contribution in [2.24, 2.45) is 0 Å². The minimum absolute atomic E-state index is 0.268. The molecule has 1 aromatic carbocycles. The topological polar surface area (TPSA) is 59.3 Å².